The van der Waals surface area contributed by atoms with Gasteiger partial charge >= 0.3 is 0 Å². The summed E-state index contributed by atoms with van der Waals surface area (Å²) in [6.45, 7) is 4.48. The van der Waals surface area contributed by atoms with Crippen LogP contribution in [0.5, 0.6) is 5.75 Å². The molecule has 2 aromatic rings. The van der Waals surface area contributed by atoms with E-state index in [-0.39, 0.29) is 0 Å². The van der Waals surface area contributed by atoms with Crippen molar-refractivity contribution in [3.8, 4) is 29.2 Å². The Morgan fingerprint density at radius 1 is 1.00 bits per heavy atom. The maximum absolute atomic E-state index is 5.55. The minimum Gasteiger partial charge on any atom is -0.481 e. The molecular formula is C17H16O. The maximum atomic E-state index is 5.55. The molecule has 2 aromatic carbocycles. The lowest BCUT2D eigenvalue weighted by Gasteiger charge is -2.13. The van der Waals surface area contributed by atoms with Crippen molar-refractivity contribution >= 4 is 0 Å². The highest BCUT2D eigenvalue weighted by atomic mass is 16.5. The first kappa shape index (κ1) is 12.3. The second kappa shape index (κ2) is 5.42. The number of rotatable bonds is 3. The molecule has 1 heteroatoms. The van der Waals surface area contributed by atoms with E-state index in [9.17, 15) is 0 Å². The molecule has 0 aliphatic carbocycles. The summed E-state index contributed by atoms with van der Waals surface area (Å²) in [5.41, 5.74) is 4.82. The normalized spacial score (nSPS) is 9.83. The van der Waals surface area contributed by atoms with Crippen molar-refractivity contribution in [2.75, 3.05) is 6.61 Å². The van der Waals surface area contributed by atoms with Gasteiger partial charge in [-0.3, -0.25) is 0 Å². The fraction of sp³-hybridized carbons (Fsp3) is 0.176. The summed E-state index contributed by atoms with van der Waals surface area (Å²) in [5, 5.41) is 0. The monoisotopic (exact) mass is 236 g/mol. The number of benzene rings is 2. The summed E-state index contributed by atoms with van der Waals surface area (Å²) >= 11 is 0. The molecule has 0 aromatic heterocycles. The highest BCUT2D eigenvalue weighted by Crippen LogP contribution is 2.31. The lowest BCUT2D eigenvalue weighted by atomic mass is 9.96. The Kier molecular flexibility index (Phi) is 3.69. The van der Waals surface area contributed by atoms with E-state index in [0.717, 1.165) is 11.3 Å². The van der Waals surface area contributed by atoms with Crippen molar-refractivity contribution < 1.29 is 4.74 Å². The van der Waals surface area contributed by atoms with E-state index >= 15 is 0 Å². The number of hydrogen-bond acceptors (Lipinski definition) is 1. The Balaban J connectivity index is 2.47. The molecule has 0 bridgehead atoms. The molecular weight excluding hydrogens is 220 g/mol. The molecule has 0 unspecified atom stereocenters. The Labute approximate surface area is 108 Å². The van der Waals surface area contributed by atoms with Gasteiger partial charge in [-0.25, -0.2) is 0 Å². The van der Waals surface area contributed by atoms with E-state index in [0.29, 0.717) is 6.61 Å². The van der Waals surface area contributed by atoms with E-state index in [1.165, 1.54) is 16.7 Å². The molecule has 1 nitrogen and oxygen atoms in total. The van der Waals surface area contributed by atoms with Gasteiger partial charge < -0.3 is 4.74 Å². The molecule has 0 aliphatic rings. The van der Waals surface area contributed by atoms with Crippen LogP contribution < -0.4 is 4.74 Å². The number of ether oxygens (including phenoxy) is 1. The van der Waals surface area contributed by atoms with E-state index in [1.54, 1.807) is 0 Å². The summed E-state index contributed by atoms with van der Waals surface area (Å²) in [4.78, 5) is 0. The fourth-order valence-electron chi connectivity index (χ4n) is 2.06. The van der Waals surface area contributed by atoms with Gasteiger partial charge in [0.2, 0.25) is 0 Å². The standard InChI is InChI=1S/C17H16O/c1-4-12-18-17-11-7-10-16(14(17)3)15-9-6-5-8-13(15)2/h1,5-11H,12H2,2-3H3. The van der Waals surface area contributed by atoms with Gasteiger partial charge in [0.15, 0.2) is 0 Å². The Bertz CT molecular complexity index is 591. The molecule has 90 valence electrons. The largest absolute Gasteiger partial charge is 0.481 e. The first-order valence-corrected chi connectivity index (χ1v) is 5.96. The molecule has 0 spiro atoms. The molecule has 0 saturated carbocycles. The molecule has 2 rings (SSSR count). The van der Waals surface area contributed by atoms with Gasteiger partial charge in [0, 0.05) is 0 Å². The van der Waals surface area contributed by atoms with E-state index in [4.69, 9.17) is 11.2 Å². The van der Waals surface area contributed by atoms with Crippen molar-refractivity contribution in [3.63, 3.8) is 0 Å². The second-order valence-electron chi connectivity index (χ2n) is 4.24. The molecule has 0 atom stereocenters. The molecule has 0 radical (unpaired) electrons. The Morgan fingerprint density at radius 2 is 1.72 bits per heavy atom. The van der Waals surface area contributed by atoms with Crippen LogP contribution in [-0.2, 0) is 0 Å². The summed E-state index contributed by atoms with van der Waals surface area (Å²) in [6.07, 6.45) is 5.22. The second-order valence-corrected chi connectivity index (χ2v) is 4.24. The van der Waals surface area contributed by atoms with Gasteiger partial charge in [0.05, 0.1) is 0 Å². The number of aryl methyl sites for hydroxylation is 1. The minimum absolute atomic E-state index is 0.304. The quantitative estimate of drug-likeness (QED) is 0.732. The van der Waals surface area contributed by atoms with Crippen LogP contribution >= 0.6 is 0 Å². The maximum Gasteiger partial charge on any atom is 0.148 e. The summed E-state index contributed by atoms with van der Waals surface area (Å²) < 4.78 is 5.55. The van der Waals surface area contributed by atoms with Crippen LogP contribution in [-0.4, -0.2) is 6.61 Å². The summed E-state index contributed by atoms with van der Waals surface area (Å²) in [6, 6.07) is 14.4. The van der Waals surface area contributed by atoms with Crippen molar-refractivity contribution in [2.24, 2.45) is 0 Å². The van der Waals surface area contributed by atoms with Crippen molar-refractivity contribution in [2.45, 2.75) is 13.8 Å². The molecule has 0 fully saturated rings. The third kappa shape index (κ3) is 2.38. The van der Waals surface area contributed by atoms with Crippen LogP contribution in [0.1, 0.15) is 11.1 Å². The average molecular weight is 236 g/mol. The Morgan fingerprint density at radius 3 is 2.44 bits per heavy atom. The van der Waals surface area contributed by atoms with E-state index < -0.39 is 0 Å². The van der Waals surface area contributed by atoms with Crippen molar-refractivity contribution in [1.82, 2.24) is 0 Å². The third-order valence-electron chi connectivity index (χ3n) is 3.03. The van der Waals surface area contributed by atoms with Crippen LogP contribution in [0.2, 0.25) is 0 Å². The van der Waals surface area contributed by atoms with Gasteiger partial charge in [-0.05, 0) is 42.2 Å². The molecule has 0 amide bonds. The lowest BCUT2D eigenvalue weighted by molar-refractivity contribution is 0.368. The molecule has 0 heterocycles. The molecule has 0 saturated heterocycles. The van der Waals surface area contributed by atoms with Crippen LogP contribution in [0.25, 0.3) is 11.1 Å². The van der Waals surface area contributed by atoms with Gasteiger partial charge in [0.1, 0.15) is 12.4 Å². The molecule has 0 aliphatic heterocycles. The zero-order chi connectivity index (χ0) is 13.0. The van der Waals surface area contributed by atoms with E-state index in [1.807, 2.05) is 18.2 Å². The first-order valence-electron chi connectivity index (χ1n) is 5.96. The van der Waals surface area contributed by atoms with Gasteiger partial charge in [-0.15, -0.1) is 6.42 Å². The van der Waals surface area contributed by atoms with Gasteiger partial charge in [-0.1, -0.05) is 42.3 Å². The van der Waals surface area contributed by atoms with Crippen LogP contribution in [0.4, 0.5) is 0 Å². The average Bonchev–Trinajstić information content (AvgIpc) is 2.39. The molecule has 0 N–H and O–H groups in total. The smallest absolute Gasteiger partial charge is 0.148 e. The Hall–Kier alpha value is -2.20. The molecule has 18 heavy (non-hydrogen) atoms. The zero-order valence-corrected chi connectivity index (χ0v) is 10.7. The topological polar surface area (TPSA) is 9.23 Å². The van der Waals surface area contributed by atoms with Crippen LogP contribution in [0, 0.1) is 26.2 Å². The van der Waals surface area contributed by atoms with Crippen molar-refractivity contribution in [1.29, 1.82) is 0 Å². The zero-order valence-electron chi connectivity index (χ0n) is 10.7. The van der Waals surface area contributed by atoms with Crippen LogP contribution in [0.15, 0.2) is 42.5 Å². The number of terminal acetylenes is 1. The van der Waals surface area contributed by atoms with Crippen molar-refractivity contribution in [3.05, 3.63) is 53.6 Å². The lowest BCUT2D eigenvalue weighted by Crippen LogP contribution is -1.97. The minimum atomic E-state index is 0.304. The number of hydrogen-bond donors (Lipinski definition) is 0. The van der Waals surface area contributed by atoms with Gasteiger partial charge in [0.25, 0.3) is 0 Å². The highest BCUT2D eigenvalue weighted by Gasteiger charge is 2.08. The van der Waals surface area contributed by atoms with Gasteiger partial charge in [-0.2, -0.15) is 0 Å². The highest BCUT2D eigenvalue weighted by molar-refractivity contribution is 5.72. The SMILES string of the molecule is C#CCOc1cccc(-c2ccccc2C)c1C. The first-order chi connectivity index (χ1) is 8.74. The fourth-order valence-corrected chi connectivity index (χ4v) is 2.06. The predicted molar refractivity (Wildman–Crippen MR) is 75.7 cm³/mol. The predicted octanol–water partition coefficient (Wildman–Crippen LogP) is 3.98. The van der Waals surface area contributed by atoms with E-state index in [2.05, 4.69) is 44.0 Å². The summed E-state index contributed by atoms with van der Waals surface area (Å²) in [7, 11) is 0. The van der Waals surface area contributed by atoms with Crippen LogP contribution in [0.3, 0.4) is 0 Å². The third-order valence-corrected chi connectivity index (χ3v) is 3.03. The summed E-state index contributed by atoms with van der Waals surface area (Å²) in [5.74, 6) is 3.35.